The SMILES string of the molecule is C1CCC([NH2+]C2CCCCC2)CC1.N[C@@H](CSCc1ccccc1Sc1ccccc1[N+](=O)[O-])C(=O)[O-]. The average molecular weight is 546 g/mol. The highest BCUT2D eigenvalue weighted by molar-refractivity contribution is 8.00. The number of carbonyl (C=O) groups excluding carboxylic acids is 1. The zero-order valence-electron chi connectivity index (χ0n) is 21.4. The molecule has 0 bridgehead atoms. The maximum atomic E-state index is 11.1. The Hall–Kier alpha value is -2.07. The van der Waals surface area contributed by atoms with Gasteiger partial charge in [0.2, 0.25) is 0 Å². The summed E-state index contributed by atoms with van der Waals surface area (Å²) in [5.41, 5.74) is 6.46. The number of quaternary nitrogens is 1. The van der Waals surface area contributed by atoms with Gasteiger partial charge in [-0.1, -0.05) is 54.9 Å². The summed E-state index contributed by atoms with van der Waals surface area (Å²) in [4.78, 5) is 22.8. The Morgan fingerprint density at radius 1 is 0.919 bits per heavy atom. The van der Waals surface area contributed by atoms with Gasteiger partial charge in [0, 0.05) is 22.5 Å². The first-order chi connectivity index (χ1) is 17.9. The fourth-order valence-corrected chi connectivity index (χ4v) is 7.06. The second-order valence-electron chi connectivity index (χ2n) is 9.86. The predicted molar refractivity (Wildman–Crippen MR) is 148 cm³/mol. The van der Waals surface area contributed by atoms with Crippen LogP contribution in [0.15, 0.2) is 58.3 Å². The highest BCUT2D eigenvalue weighted by atomic mass is 32.2. The number of carboxylic acids is 1. The molecule has 4 rings (SSSR count). The van der Waals surface area contributed by atoms with Crippen molar-refractivity contribution in [3.63, 3.8) is 0 Å². The molecule has 37 heavy (non-hydrogen) atoms. The number of hydrogen-bond acceptors (Lipinski definition) is 7. The van der Waals surface area contributed by atoms with Gasteiger partial charge < -0.3 is 21.0 Å². The van der Waals surface area contributed by atoms with Gasteiger partial charge in [-0.2, -0.15) is 11.8 Å². The van der Waals surface area contributed by atoms with Gasteiger partial charge in [0.05, 0.1) is 33.9 Å². The Balaban J connectivity index is 0.000000244. The molecule has 0 spiro atoms. The number of aliphatic carboxylic acids is 1. The van der Waals surface area contributed by atoms with E-state index < -0.39 is 16.9 Å². The van der Waals surface area contributed by atoms with Gasteiger partial charge in [0.15, 0.2) is 0 Å². The van der Waals surface area contributed by atoms with Crippen LogP contribution in [0.5, 0.6) is 0 Å². The molecular weight excluding hydrogens is 506 g/mol. The monoisotopic (exact) mass is 545 g/mol. The summed E-state index contributed by atoms with van der Waals surface area (Å²) in [6.07, 6.45) is 15.0. The topological polar surface area (TPSA) is 126 Å². The normalized spacial score (nSPS) is 17.4. The number of nitrogens with zero attached hydrogens (tertiary/aromatic N) is 1. The molecule has 1 atom stereocenters. The molecule has 2 aliphatic rings. The quantitative estimate of drug-likeness (QED) is 0.337. The van der Waals surface area contributed by atoms with Crippen molar-refractivity contribution in [2.45, 2.75) is 97.9 Å². The first-order valence-corrected chi connectivity index (χ1v) is 15.3. The van der Waals surface area contributed by atoms with Gasteiger partial charge in [-0.3, -0.25) is 10.1 Å². The van der Waals surface area contributed by atoms with Crippen LogP contribution >= 0.6 is 23.5 Å². The third kappa shape index (κ3) is 10.3. The minimum absolute atomic E-state index is 0.0592. The fraction of sp³-hybridized carbons (Fsp3) is 0.536. The highest BCUT2D eigenvalue weighted by Gasteiger charge is 2.22. The second-order valence-corrected chi connectivity index (χ2v) is 12.0. The Morgan fingerprint density at radius 3 is 2.03 bits per heavy atom. The number of rotatable bonds is 10. The molecule has 0 aliphatic heterocycles. The Morgan fingerprint density at radius 2 is 1.46 bits per heavy atom. The van der Waals surface area contributed by atoms with Crippen LogP contribution in [0, 0.1) is 10.1 Å². The number of carbonyl (C=O) groups is 1. The third-order valence-corrected chi connectivity index (χ3v) is 9.25. The van der Waals surface area contributed by atoms with Gasteiger partial charge >= 0.3 is 0 Å². The summed E-state index contributed by atoms with van der Waals surface area (Å²) < 4.78 is 0. The second kappa shape index (κ2) is 16.0. The van der Waals surface area contributed by atoms with Crippen LogP contribution in [0.3, 0.4) is 0 Å². The highest BCUT2D eigenvalue weighted by Crippen LogP contribution is 2.37. The van der Waals surface area contributed by atoms with Crippen molar-refractivity contribution in [2.75, 3.05) is 5.75 Å². The van der Waals surface area contributed by atoms with E-state index in [1.165, 1.54) is 93.8 Å². The van der Waals surface area contributed by atoms with Crippen LogP contribution in [0.1, 0.15) is 69.8 Å². The Labute approximate surface area is 228 Å². The molecule has 2 fully saturated rings. The maximum absolute atomic E-state index is 11.1. The fourth-order valence-electron chi connectivity index (χ4n) is 4.94. The molecule has 2 aromatic rings. The molecule has 2 saturated carbocycles. The predicted octanol–water partition coefficient (Wildman–Crippen LogP) is 4.27. The van der Waals surface area contributed by atoms with Crippen LogP contribution in [0.4, 0.5) is 5.69 Å². The van der Waals surface area contributed by atoms with E-state index >= 15 is 0 Å². The minimum atomic E-state index is -1.27. The molecule has 0 unspecified atom stereocenters. The van der Waals surface area contributed by atoms with Crippen molar-refractivity contribution >= 4 is 35.2 Å². The zero-order valence-corrected chi connectivity index (χ0v) is 23.0. The number of hydrogen-bond donors (Lipinski definition) is 2. The molecule has 0 amide bonds. The zero-order chi connectivity index (χ0) is 26.5. The molecule has 7 nitrogen and oxygen atoms in total. The van der Waals surface area contributed by atoms with Crippen molar-refractivity contribution < 1.29 is 20.1 Å². The Kier molecular flexibility index (Phi) is 12.8. The summed E-state index contributed by atoms with van der Waals surface area (Å²) in [5.74, 6) is -0.470. The lowest BCUT2D eigenvalue weighted by Crippen LogP contribution is -2.95. The molecule has 4 N–H and O–H groups in total. The van der Waals surface area contributed by atoms with Crippen molar-refractivity contribution in [3.8, 4) is 0 Å². The van der Waals surface area contributed by atoms with Crippen molar-refractivity contribution in [1.29, 1.82) is 0 Å². The van der Waals surface area contributed by atoms with E-state index in [1.807, 2.05) is 24.3 Å². The number of benzene rings is 2. The van der Waals surface area contributed by atoms with E-state index in [0.29, 0.717) is 10.6 Å². The van der Waals surface area contributed by atoms with Crippen LogP contribution in [-0.2, 0) is 10.5 Å². The van der Waals surface area contributed by atoms with Crippen molar-refractivity contribution in [1.82, 2.24) is 0 Å². The standard InChI is InChI=1S/C16H16N2O4S2.C12H23N/c17-12(16(19)20)10-23-9-11-5-1-3-7-14(11)24-15-8-4-2-6-13(15)18(21)22;1-3-7-11(8-4-1)13-12-9-5-2-6-10-12/h1-8,12H,9-10,17H2,(H,19,20);11-13H,1-10H2/t12-;/m0./s1. The average Bonchev–Trinajstić information content (AvgIpc) is 2.91. The molecule has 202 valence electrons. The number of nitro benzene ring substituents is 1. The van der Waals surface area contributed by atoms with Crippen LogP contribution in [-0.4, -0.2) is 34.8 Å². The number of nitrogens with two attached hydrogens (primary N) is 2. The minimum Gasteiger partial charge on any atom is -0.548 e. The molecule has 0 heterocycles. The Bertz CT molecular complexity index is 979. The summed E-state index contributed by atoms with van der Waals surface area (Å²) in [6, 6.07) is 15.1. The lowest BCUT2D eigenvalue weighted by molar-refractivity contribution is -0.725. The van der Waals surface area contributed by atoms with E-state index in [1.54, 1.807) is 18.2 Å². The molecule has 2 aliphatic carbocycles. The smallest absolute Gasteiger partial charge is 0.283 e. The van der Waals surface area contributed by atoms with Gasteiger partial charge in [-0.25, -0.2) is 0 Å². The molecular formula is C28H39N3O4S2. The first kappa shape index (κ1) is 29.5. The maximum Gasteiger partial charge on any atom is 0.283 e. The number of thioether (sulfide) groups is 1. The van der Waals surface area contributed by atoms with Crippen molar-refractivity contribution in [2.24, 2.45) is 5.73 Å². The number of para-hydroxylation sites is 1. The van der Waals surface area contributed by atoms with Crippen LogP contribution in [0.2, 0.25) is 0 Å². The molecule has 0 saturated heterocycles. The lowest BCUT2D eigenvalue weighted by Gasteiger charge is -2.27. The van der Waals surface area contributed by atoms with Gasteiger partial charge in [0.1, 0.15) is 0 Å². The number of carboxylic acid groups (broad SMARTS) is 1. The third-order valence-electron chi connectivity index (χ3n) is 6.96. The molecule has 2 aromatic carbocycles. The van der Waals surface area contributed by atoms with Gasteiger partial charge in [0.25, 0.3) is 5.69 Å². The summed E-state index contributed by atoms with van der Waals surface area (Å²) >= 11 is 2.70. The number of nitro groups is 1. The molecule has 0 aromatic heterocycles. The summed E-state index contributed by atoms with van der Waals surface area (Å²) in [5, 5.41) is 24.5. The van der Waals surface area contributed by atoms with Crippen LogP contribution < -0.4 is 16.2 Å². The van der Waals surface area contributed by atoms with Crippen LogP contribution in [0.25, 0.3) is 0 Å². The molecule has 0 radical (unpaired) electrons. The summed E-state index contributed by atoms with van der Waals surface area (Å²) in [6.45, 7) is 0. The largest absolute Gasteiger partial charge is 0.548 e. The van der Waals surface area contributed by atoms with E-state index in [0.717, 1.165) is 22.5 Å². The van der Waals surface area contributed by atoms with E-state index in [2.05, 4.69) is 5.32 Å². The van der Waals surface area contributed by atoms with Gasteiger partial charge in [-0.05, 0) is 69.1 Å². The van der Waals surface area contributed by atoms with E-state index in [9.17, 15) is 20.0 Å². The lowest BCUT2D eigenvalue weighted by atomic mass is 9.91. The molecule has 9 heteroatoms. The first-order valence-electron chi connectivity index (χ1n) is 13.3. The van der Waals surface area contributed by atoms with Gasteiger partial charge in [-0.15, -0.1) is 0 Å². The van der Waals surface area contributed by atoms with E-state index in [-0.39, 0.29) is 11.4 Å². The van der Waals surface area contributed by atoms with Crippen molar-refractivity contribution in [3.05, 3.63) is 64.2 Å². The summed E-state index contributed by atoms with van der Waals surface area (Å²) in [7, 11) is 0. The van der Waals surface area contributed by atoms with E-state index in [4.69, 9.17) is 5.73 Å².